The normalized spacial score (nSPS) is 13.5. The third kappa shape index (κ3) is 4.11. The van der Waals surface area contributed by atoms with Crippen molar-refractivity contribution in [2.24, 2.45) is 0 Å². The van der Waals surface area contributed by atoms with E-state index in [4.69, 9.17) is 8.83 Å². The van der Waals surface area contributed by atoms with Gasteiger partial charge in [0.2, 0.25) is 0 Å². The van der Waals surface area contributed by atoms with E-state index in [1.165, 1.54) is 64.7 Å². The van der Waals surface area contributed by atoms with Gasteiger partial charge in [-0.05, 0) is 82.1 Å². The zero-order chi connectivity index (χ0) is 39.6. The number of aromatic nitrogens is 1. The molecule has 0 atom stereocenters. The molecule has 0 bridgehead atoms. The molecule has 0 unspecified atom stereocenters. The van der Waals surface area contributed by atoms with E-state index in [1.807, 2.05) is 11.3 Å². The predicted molar refractivity (Wildman–Crippen MR) is 254 cm³/mol. The summed E-state index contributed by atoms with van der Waals surface area (Å²) in [6, 6.07) is 58.1. The van der Waals surface area contributed by atoms with Gasteiger partial charge in [-0.3, -0.25) is 0 Å². The first-order valence-electron chi connectivity index (χ1n) is 20.8. The van der Waals surface area contributed by atoms with E-state index in [0.717, 1.165) is 66.2 Å². The highest BCUT2D eigenvalue weighted by Crippen LogP contribution is 2.54. The molecule has 0 radical (unpaired) electrons. The van der Waals surface area contributed by atoms with Gasteiger partial charge in [0.1, 0.15) is 16.7 Å². The van der Waals surface area contributed by atoms with Gasteiger partial charge in [-0.1, -0.05) is 124 Å². The number of anilines is 3. The number of thiophene rings is 1. The molecule has 2 aliphatic heterocycles. The maximum Gasteiger partial charge on any atom is 0.333 e. The predicted octanol–water partition coefficient (Wildman–Crippen LogP) is 14.2. The monoisotopic (exact) mass is 786 g/mol. The van der Waals surface area contributed by atoms with Gasteiger partial charge in [-0.25, -0.2) is 0 Å². The van der Waals surface area contributed by atoms with Crippen molar-refractivity contribution in [3.05, 3.63) is 163 Å². The standard InChI is InChI=1S/C54H35BN2O2S/c1-54(2,3)31-24-26-40(37(28-31)30-14-5-4-6-15-30)56-41-29-38-32-16-7-10-21-42(32)58-52(38)47-35-19-13-20-36-49(35)57(50-33-17-8-11-22-43(33)59-53(36)50)55(48(41)47)39-25-27-45-46(51(39)56)34-18-9-12-23-44(34)60-45/h4-29H,1-3H3. The number of fused-ring (bicyclic) bond motifs is 17. The molecular formula is C54H35BN2O2S. The summed E-state index contributed by atoms with van der Waals surface area (Å²) in [5.41, 5.74) is 18.0. The molecule has 0 saturated carbocycles. The smallest absolute Gasteiger partial charge is 0.333 e. The molecular weight excluding hydrogens is 751 g/mol. The number of furan rings is 2. The topological polar surface area (TPSA) is 34.5 Å². The Morgan fingerprint density at radius 3 is 2.08 bits per heavy atom. The van der Waals surface area contributed by atoms with E-state index in [0.29, 0.717) is 0 Å². The van der Waals surface area contributed by atoms with Crippen LogP contribution in [0.1, 0.15) is 26.3 Å². The molecule has 4 aromatic heterocycles. The largest absolute Gasteiger partial charge is 0.455 e. The molecule has 4 nitrogen and oxygen atoms in total. The molecule has 6 heteroatoms. The molecule has 0 aliphatic carbocycles. The van der Waals surface area contributed by atoms with E-state index in [9.17, 15) is 0 Å². The van der Waals surface area contributed by atoms with Crippen molar-refractivity contribution in [3.63, 3.8) is 0 Å². The van der Waals surface area contributed by atoms with Crippen LogP contribution >= 0.6 is 11.3 Å². The summed E-state index contributed by atoms with van der Waals surface area (Å²) in [7, 11) is 0. The molecule has 14 rings (SSSR count). The number of benzene rings is 8. The summed E-state index contributed by atoms with van der Waals surface area (Å²) in [5, 5.41) is 7.04. The van der Waals surface area contributed by atoms with Crippen molar-refractivity contribution in [1.29, 1.82) is 0 Å². The minimum Gasteiger partial charge on any atom is -0.455 e. The van der Waals surface area contributed by atoms with Gasteiger partial charge in [-0.2, -0.15) is 0 Å². The highest BCUT2D eigenvalue weighted by Gasteiger charge is 2.46. The van der Waals surface area contributed by atoms with Crippen LogP contribution in [-0.4, -0.2) is 11.3 Å². The van der Waals surface area contributed by atoms with Crippen molar-refractivity contribution in [2.45, 2.75) is 26.2 Å². The lowest BCUT2D eigenvalue weighted by Gasteiger charge is -2.41. The number of hydrogen-bond donors (Lipinski definition) is 0. The van der Waals surface area contributed by atoms with Crippen LogP contribution in [0.2, 0.25) is 0 Å². The molecule has 6 heterocycles. The first-order chi connectivity index (χ1) is 29.4. The number of para-hydroxylation sites is 3. The Labute approximate surface area is 349 Å². The molecule has 0 saturated heterocycles. The highest BCUT2D eigenvalue weighted by atomic mass is 32.1. The first-order valence-corrected chi connectivity index (χ1v) is 21.6. The van der Waals surface area contributed by atoms with E-state index in [1.54, 1.807) is 0 Å². The van der Waals surface area contributed by atoms with Gasteiger partial charge in [-0.15, -0.1) is 11.3 Å². The van der Waals surface area contributed by atoms with E-state index < -0.39 is 0 Å². The van der Waals surface area contributed by atoms with Crippen molar-refractivity contribution in [2.75, 3.05) is 4.90 Å². The van der Waals surface area contributed by atoms with Gasteiger partial charge >= 0.3 is 6.85 Å². The second-order valence-electron chi connectivity index (χ2n) is 17.6. The van der Waals surface area contributed by atoms with Crippen LogP contribution in [0.5, 0.6) is 0 Å². The molecule has 2 aliphatic rings. The van der Waals surface area contributed by atoms with Crippen LogP contribution in [0.15, 0.2) is 167 Å². The zero-order valence-electron chi connectivity index (χ0n) is 33.2. The minimum absolute atomic E-state index is 0.0418. The second kappa shape index (κ2) is 11.4. The lowest BCUT2D eigenvalue weighted by Crippen LogP contribution is -2.56. The number of nitrogens with zero attached hydrogens (tertiary/aromatic N) is 2. The van der Waals surface area contributed by atoms with Crippen LogP contribution < -0.4 is 15.8 Å². The number of rotatable bonds is 2. The highest BCUT2D eigenvalue weighted by molar-refractivity contribution is 7.26. The summed E-state index contributed by atoms with van der Waals surface area (Å²) in [4.78, 5) is 2.63. The Kier molecular flexibility index (Phi) is 6.24. The van der Waals surface area contributed by atoms with E-state index in [2.05, 4.69) is 188 Å². The van der Waals surface area contributed by atoms with Gasteiger partial charge in [0.25, 0.3) is 0 Å². The molecule has 60 heavy (non-hydrogen) atoms. The Morgan fingerprint density at radius 2 is 1.25 bits per heavy atom. The van der Waals surface area contributed by atoms with Crippen LogP contribution in [0.4, 0.5) is 17.1 Å². The van der Waals surface area contributed by atoms with Crippen molar-refractivity contribution < 1.29 is 8.83 Å². The molecule has 0 amide bonds. The van der Waals surface area contributed by atoms with Gasteiger partial charge in [0.15, 0.2) is 5.58 Å². The van der Waals surface area contributed by atoms with Crippen LogP contribution in [0.25, 0.3) is 97.3 Å². The molecule has 0 fully saturated rings. The Hall–Kier alpha value is -7.02. The average molecular weight is 787 g/mol. The van der Waals surface area contributed by atoms with Gasteiger partial charge < -0.3 is 18.2 Å². The Bertz CT molecular complexity index is 3840. The minimum atomic E-state index is -0.174. The fourth-order valence-electron chi connectivity index (χ4n) is 10.7. The average Bonchev–Trinajstić information content (AvgIpc) is 4.04. The summed E-state index contributed by atoms with van der Waals surface area (Å²) >= 11 is 1.88. The molecule has 0 N–H and O–H groups in total. The Balaban J connectivity index is 1.24. The third-order valence-electron chi connectivity index (χ3n) is 13.3. The summed E-state index contributed by atoms with van der Waals surface area (Å²) in [6.07, 6.45) is 0. The lowest BCUT2D eigenvalue weighted by molar-refractivity contribution is 0.590. The van der Waals surface area contributed by atoms with Crippen molar-refractivity contribution in [1.82, 2.24) is 4.48 Å². The lowest BCUT2D eigenvalue weighted by atomic mass is 9.44. The molecule has 282 valence electrons. The summed E-state index contributed by atoms with van der Waals surface area (Å²) in [6.45, 7) is 6.75. The van der Waals surface area contributed by atoms with Gasteiger partial charge in [0.05, 0.1) is 16.9 Å². The Morgan fingerprint density at radius 1 is 0.533 bits per heavy atom. The SMILES string of the molecule is CC(C)(C)c1ccc(N2c3cc4c(oc5ccccc54)c4c3B(c3ccc5sc6ccccc6c5c32)n2c3c-4cccc3c3oc4ccccc4c32)c(-c2ccccc2)c1. The van der Waals surface area contributed by atoms with Crippen LogP contribution in [0, 0.1) is 0 Å². The molecule has 8 aromatic carbocycles. The second-order valence-corrected chi connectivity index (χ2v) is 18.7. The van der Waals surface area contributed by atoms with Crippen molar-refractivity contribution in [3.8, 4) is 22.3 Å². The third-order valence-corrected chi connectivity index (χ3v) is 14.5. The van der Waals surface area contributed by atoms with Crippen LogP contribution in [-0.2, 0) is 5.41 Å². The first kappa shape index (κ1) is 32.9. The van der Waals surface area contributed by atoms with E-state index in [-0.39, 0.29) is 12.3 Å². The fraction of sp³-hybridized carbons (Fsp3) is 0.0741. The summed E-state index contributed by atoms with van der Waals surface area (Å²) < 4.78 is 19.1. The van der Waals surface area contributed by atoms with Gasteiger partial charge in [0, 0.05) is 69.6 Å². The summed E-state index contributed by atoms with van der Waals surface area (Å²) in [5.74, 6) is 0. The van der Waals surface area contributed by atoms with Crippen molar-refractivity contribution >= 4 is 121 Å². The van der Waals surface area contributed by atoms with Crippen LogP contribution in [0.3, 0.4) is 0 Å². The quantitative estimate of drug-likeness (QED) is 0.164. The maximum atomic E-state index is 7.04. The van der Waals surface area contributed by atoms with E-state index >= 15 is 0 Å². The fourth-order valence-corrected chi connectivity index (χ4v) is 11.8. The zero-order valence-corrected chi connectivity index (χ0v) is 34.0. The maximum absolute atomic E-state index is 7.04. The molecule has 12 aromatic rings. The number of hydrogen-bond acceptors (Lipinski definition) is 4. The molecule has 0 spiro atoms.